The Hall–Kier alpha value is -1.58. The first kappa shape index (κ1) is 14.4. The largest absolute Gasteiger partial charge is 0.313 e. The lowest BCUT2D eigenvalue weighted by Gasteiger charge is -2.14. The second-order valence-corrected chi connectivity index (χ2v) is 5.87. The predicted molar refractivity (Wildman–Crippen MR) is 86.8 cm³/mol. The smallest absolute Gasteiger partial charge is 0.255 e. The van der Waals surface area contributed by atoms with Crippen molar-refractivity contribution in [3.8, 4) is 11.3 Å². The fourth-order valence-corrected chi connectivity index (χ4v) is 2.67. The van der Waals surface area contributed by atoms with Gasteiger partial charge in [0.25, 0.3) is 5.56 Å². The van der Waals surface area contributed by atoms with E-state index in [9.17, 15) is 4.79 Å². The first-order chi connectivity index (χ1) is 10.2. The average molecular weight is 303 g/mol. The van der Waals surface area contributed by atoms with Crippen LogP contribution in [0, 0.1) is 0 Å². The van der Waals surface area contributed by atoms with Crippen molar-refractivity contribution in [2.75, 3.05) is 6.54 Å². The van der Waals surface area contributed by atoms with Gasteiger partial charge in [-0.2, -0.15) is 0 Å². The number of benzene rings is 1. The van der Waals surface area contributed by atoms with Crippen LogP contribution < -0.4 is 10.9 Å². The van der Waals surface area contributed by atoms with E-state index in [-0.39, 0.29) is 5.56 Å². The van der Waals surface area contributed by atoms with Gasteiger partial charge in [-0.25, -0.2) is 0 Å². The van der Waals surface area contributed by atoms with Crippen LogP contribution in [0.25, 0.3) is 11.3 Å². The summed E-state index contributed by atoms with van der Waals surface area (Å²) in [4.78, 5) is 12.7. The van der Waals surface area contributed by atoms with Crippen molar-refractivity contribution in [2.45, 2.75) is 32.4 Å². The van der Waals surface area contributed by atoms with Gasteiger partial charge in [0, 0.05) is 23.2 Å². The van der Waals surface area contributed by atoms with Crippen molar-refractivity contribution >= 4 is 11.6 Å². The number of hydrogen-bond acceptors (Lipinski definition) is 2. The van der Waals surface area contributed by atoms with Crippen LogP contribution in [-0.4, -0.2) is 11.1 Å². The molecule has 0 radical (unpaired) electrons. The second-order valence-electron chi connectivity index (χ2n) is 5.44. The number of aromatic nitrogens is 1. The average Bonchev–Trinajstić information content (AvgIpc) is 3.31. The molecule has 0 bridgehead atoms. The quantitative estimate of drug-likeness (QED) is 0.915. The zero-order chi connectivity index (χ0) is 14.8. The number of hydrogen-bond donors (Lipinski definition) is 1. The van der Waals surface area contributed by atoms with Gasteiger partial charge in [0.05, 0.1) is 5.69 Å². The minimum atomic E-state index is 0.130. The lowest BCUT2D eigenvalue weighted by atomic mass is 10.1. The van der Waals surface area contributed by atoms with Crippen molar-refractivity contribution in [2.24, 2.45) is 0 Å². The number of nitrogens with zero attached hydrogens (tertiary/aromatic N) is 1. The van der Waals surface area contributed by atoms with E-state index >= 15 is 0 Å². The van der Waals surface area contributed by atoms with Crippen LogP contribution in [0.5, 0.6) is 0 Å². The molecule has 1 aliphatic carbocycles. The molecule has 0 amide bonds. The predicted octanol–water partition coefficient (Wildman–Crippen LogP) is 3.61. The highest BCUT2D eigenvalue weighted by atomic mass is 35.5. The Kier molecular flexibility index (Phi) is 4.13. The second kappa shape index (κ2) is 6.04. The summed E-state index contributed by atoms with van der Waals surface area (Å²) >= 11 is 5.95. The van der Waals surface area contributed by atoms with Crippen molar-refractivity contribution in [3.63, 3.8) is 0 Å². The SMILES string of the molecule is CCNCc1ccc(-c2ccc(Cl)cc2)n(C2CC2)c1=O. The van der Waals surface area contributed by atoms with Crippen LogP contribution in [-0.2, 0) is 6.54 Å². The van der Waals surface area contributed by atoms with Gasteiger partial charge in [-0.1, -0.05) is 36.7 Å². The maximum absolute atomic E-state index is 12.7. The molecule has 1 fully saturated rings. The lowest BCUT2D eigenvalue weighted by molar-refractivity contribution is 0.673. The molecule has 0 aliphatic heterocycles. The molecule has 3 rings (SSSR count). The molecular weight excluding hydrogens is 284 g/mol. The third-order valence-electron chi connectivity index (χ3n) is 3.81. The van der Waals surface area contributed by atoms with Crippen LogP contribution in [0.1, 0.15) is 31.4 Å². The number of rotatable bonds is 5. The number of pyridine rings is 1. The Morgan fingerprint density at radius 2 is 1.90 bits per heavy atom. The summed E-state index contributed by atoms with van der Waals surface area (Å²) in [6.07, 6.45) is 2.18. The molecule has 2 aromatic rings. The Bertz CT molecular complexity index is 687. The van der Waals surface area contributed by atoms with Gasteiger partial charge < -0.3 is 9.88 Å². The van der Waals surface area contributed by atoms with E-state index in [1.807, 2.05) is 41.8 Å². The Balaban J connectivity index is 2.06. The van der Waals surface area contributed by atoms with Gasteiger partial charge >= 0.3 is 0 Å². The van der Waals surface area contributed by atoms with E-state index in [4.69, 9.17) is 11.6 Å². The fourth-order valence-electron chi connectivity index (χ4n) is 2.54. The van der Waals surface area contributed by atoms with Gasteiger partial charge in [0.2, 0.25) is 0 Å². The van der Waals surface area contributed by atoms with Crippen molar-refractivity contribution < 1.29 is 0 Å². The summed E-state index contributed by atoms with van der Waals surface area (Å²) in [5.41, 5.74) is 2.99. The molecular formula is C17H19ClN2O. The topological polar surface area (TPSA) is 34.0 Å². The minimum absolute atomic E-state index is 0.130. The number of nitrogens with one attached hydrogen (secondary N) is 1. The van der Waals surface area contributed by atoms with E-state index < -0.39 is 0 Å². The summed E-state index contributed by atoms with van der Waals surface area (Å²) < 4.78 is 1.95. The Labute approximate surface area is 129 Å². The maximum Gasteiger partial charge on any atom is 0.255 e. The van der Waals surface area contributed by atoms with Crippen LogP contribution >= 0.6 is 11.6 Å². The normalized spacial score (nSPS) is 14.4. The molecule has 0 unspecified atom stereocenters. The van der Waals surface area contributed by atoms with E-state index in [0.29, 0.717) is 17.6 Å². The summed E-state index contributed by atoms with van der Waals surface area (Å²) in [7, 11) is 0. The van der Waals surface area contributed by atoms with E-state index in [1.165, 1.54) is 0 Å². The molecule has 21 heavy (non-hydrogen) atoms. The molecule has 1 N–H and O–H groups in total. The molecule has 4 heteroatoms. The molecule has 3 nitrogen and oxygen atoms in total. The van der Waals surface area contributed by atoms with Crippen molar-refractivity contribution in [1.82, 2.24) is 9.88 Å². The molecule has 1 heterocycles. The fraction of sp³-hybridized carbons (Fsp3) is 0.353. The monoisotopic (exact) mass is 302 g/mol. The summed E-state index contributed by atoms with van der Waals surface area (Å²) in [5.74, 6) is 0. The van der Waals surface area contributed by atoms with Crippen LogP contribution in [0.2, 0.25) is 5.02 Å². The molecule has 0 atom stereocenters. The van der Waals surface area contributed by atoms with Crippen molar-refractivity contribution in [3.05, 3.63) is 57.3 Å². The molecule has 0 spiro atoms. The van der Waals surface area contributed by atoms with Gasteiger partial charge in [-0.05, 0) is 43.1 Å². The summed E-state index contributed by atoms with van der Waals surface area (Å²) in [5, 5.41) is 3.94. The first-order valence-corrected chi connectivity index (χ1v) is 7.79. The zero-order valence-electron chi connectivity index (χ0n) is 12.1. The first-order valence-electron chi connectivity index (χ1n) is 7.41. The highest BCUT2D eigenvalue weighted by Gasteiger charge is 2.27. The van der Waals surface area contributed by atoms with E-state index in [2.05, 4.69) is 11.4 Å². The highest BCUT2D eigenvalue weighted by molar-refractivity contribution is 6.30. The molecule has 110 valence electrons. The van der Waals surface area contributed by atoms with Crippen LogP contribution in [0.4, 0.5) is 0 Å². The van der Waals surface area contributed by atoms with Gasteiger partial charge in [-0.15, -0.1) is 0 Å². The third-order valence-corrected chi connectivity index (χ3v) is 4.06. The Morgan fingerprint density at radius 1 is 1.19 bits per heavy atom. The van der Waals surface area contributed by atoms with Crippen LogP contribution in [0.3, 0.4) is 0 Å². The molecule has 0 saturated heterocycles. The molecule has 1 saturated carbocycles. The third kappa shape index (κ3) is 3.04. The Morgan fingerprint density at radius 3 is 2.52 bits per heavy atom. The molecule has 1 aromatic heterocycles. The zero-order valence-corrected chi connectivity index (χ0v) is 12.9. The number of halogens is 1. The highest BCUT2D eigenvalue weighted by Crippen LogP contribution is 2.37. The minimum Gasteiger partial charge on any atom is -0.313 e. The van der Waals surface area contributed by atoms with Crippen LogP contribution in [0.15, 0.2) is 41.2 Å². The summed E-state index contributed by atoms with van der Waals surface area (Å²) in [6, 6.07) is 12.0. The lowest BCUT2D eigenvalue weighted by Crippen LogP contribution is -2.27. The molecule has 1 aliphatic rings. The standard InChI is InChI=1S/C17H19ClN2O/c1-2-19-11-13-5-10-16(12-3-6-14(18)7-4-12)20(17(13)21)15-8-9-15/h3-7,10,15,19H,2,8-9,11H2,1H3. The van der Waals surface area contributed by atoms with Gasteiger partial charge in [-0.3, -0.25) is 4.79 Å². The van der Waals surface area contributed by atoms with E-state index in [0.717, 1.165) is 36.2 Å². The van der Waals surface area contributed by atoms with Gasteiger partial charge in [0.1, 0.15) is 0 Å². The molecule has 1 aromatic carbocycles. The summed E-state index contributed by atoms with van der Waals surface area (Å²) in [6.45, 7) is 3.53. The maximum atomic E-state index is 12.7. The van der Waals surface area contributed by atoms with Gasteiger partial charge in [0.15, 0.2) is 0 Å². The van der Waals surface area contributed by atoms with Crippen molar-refractivity contribution in [1.29, 1.82) is 0 Å². The van der Waals surface area contributed by atoms with E-state index in [1.54, 1.807) is 0 Å².